The molecule has 0 bridgehead atoms. The number of nitrogens with one attached hydrogen (secondary N) is 3. The van der Waals surface area contributed by atoms with E-state index < -0.39 is 79.1 Å². The minimum Gasteiger partial charge on any atom is -0.508 e. The average molecular weight is 554 g/mol. The quantitative estimate of drug-likeness (QED) is 0.0917. The molecule has 0 aliphatic carbocycles. The van der Waals surface area contributed by atoms with Gasteiger partial charge in [0.05, 0.1) is 12.5 Å². The maximum Gasteiger partial charge on any atom is 0.326 e. The molecule has 4 unspecified atom stereocenters. The van der Waals surface area contributed by atoms with E-state index in [-0.39, 0.29) is 18.6 Å². The first-order valence-corrected chi connectivity index (χ1v) is 12.1. The molecule has 1 aromatic carbocycles. The van der Waals surface area contributed by atoms with E-state index in [0.717, 1.165) is 0 Å². The van der Waals surface area contributed by atoms with Gasteiger partial charge in [0.25, 0.3) is 0 Å². The number of aliphatic carboxylic acids is 3. The Bertz CT molecular complexity index is 1020. The lowest BCUT2D eigenvalue weighted by Gasteiger charge is -2.25. The third-order valence-corrected chi connectivity index (χ3v) is 5.59. The number of phenols is 1. The highest BCUT2D eigenvalue weighted by Crippen LogP contribution is 2.12. The molecule has 15 nitrogen and oxygen atoms in total. The predicted octanol–water partition coefficient (Wildman–Crippen LogP) is -1.73. The van der Waals surface area contributed by atoms with E-state index in [4.69, 9.17) is 16.6 Å². The van der Waals surface area contributed by atoms with Crippen molar-refractivity contribution in [3.8, 4) is 5.75 Å². The number of carbonyl (C=O) groups excluding carboxylic acids is 3. The van der Waals surface area contributed by atoms with Gasteiger partial charge in [-0.25, -0.2) is 4.79 Å². The first-order valence-electron chi connectivity index (χ1n) is 12.1. The molecule has 3 amide bonds. The van der Waals surface area contributed by atoms with Crippen LogP contribution in [0.15, 0.2) is 24.3 Å². The number of unbranched alkanes of at least 4 members (excludes halogenated alkanes) is 1. The lowest BCUT2D eigenvalue weighted by atomic mass is 10.0. The number of amides is 3. The van der Waals surface area contributed by atoms with Gasteiger partial charge in [-0.05, 0) is 43.5 Å². The molecule has 4 atom stereocenters. The molecule has 0 spiro atoms. The van der Waals surface area contributed by atoms with E-state index in [1.165, 1.54) is 24.3 Å². The second kappa shape index (κ2) is 16.6. The lowest BCUT2D eigenvalue weighted by molar-refractivity contribution is -0.144. The first kappa shape index (κ1) is 32.8. The molecule has 0 aliphatic heterocycles. The largest absolute Gasteiger partial charge is 0.508 e. The molecule has 0 saturated heterocycles. The fraction of sp³-hybridized carbons (Fsp3) is 0.500. The summed E-state index contributed by atoms with van der Waals surface area (Å²) in [7, 11) is 0. The summed E-state index contributed by atoms with van der Waals surface area (Å²) in [6.07, 6.45) is -0.656. The van der Waals surface area contributed by atoms with Crippen LogP contribution in [0.3, 0.4) is 0 Å². The summed E-state index contributed by atoms with van der Waals surface area (Å²) in [6.45, 7) is 0.391. The number of nitrogens with two attached hydrogens (primary N) is 2. The maximum atomic E-state index is 13.0. The molecular weight excluding hydrogens is 518 g/mol. The molecule has 1 aromatic rings. The molecule has 11 N–H and O–H groups in total. The number of hydrogen-bond acceptors (Lipinski definition) is 9. The van der Waals surface area contributed by atoms with Crippen LogP contribution in [-0.4, -0.2) is 86.8 Å². The van der Waals surface area contributed by atoms with E-state index >= 15 is 0 Å². The predicted molar refractivity (Wildman–Crippen MR) is 135 cm³/mol. The van der Waals surface area contributed by atoms with Gasteiger partial charge in [-0.1, -0.05) is 18.6 Å². The topological polar surface area (TPSA) is 271 Å². The molecule has 0 aliphatic rings. The van der Waals surface area contributed by atoms with Gasteiger partial charge in [-0.15, -0.1) is 0 Å². The Labute approximate surface area is 223 Å². The van der Waals surface area contributed by atoms with Crippen molar-refractivity contribution in [2.45, 2.75) is 69.1 Å². The average Bonchev–Trinajstić information content (AvgIpc) is 2.86. The molecule has 0 radical (unpaired) electrons. The summed E-state index contributed by atoms with van der Waals surface area (Å²) < 4.78 is 0. The normalized spacial score (nSPS) is 13.8. The Morgan fingerprint density at radius 3 is 1.85 bits per heavy atom. The zero-order valence-electron chi connectivity index (χ0n) is 21.2. The van der Waals surface area contributed by atoms with Gasteiger partial charge in [0, 0.05) is 12.8 Å². The van der Waals surface area contributed by atoms with Crippen LogP contribution in [0, 0.1) is 0 Å². The molecule has 0 aromatic heterocycles. The maximum absolute atomic E-state index is 13.0. The highest BCUT2D eigenvalue weighted by molar-refractivity contribution is 5.95. The van der Waals surface area contributed by atoms with E-state index in [2.05, 4.69) is 16.0 Å². The SMILES string of the molecule is NCCCCC(N)C(=O)NC(CC(=O)O)C(=O)NC(Cc1ccc(O)cc1)C(=O)NC(CCC(=O)O)C(=O)O. The zero-order valence-corrected chi connectivity index (χ0v) is 21.2. The van der Waals surface area contributed by atoms with Gasteiger partial charge in [-0.2, -0.15) is 0 Å². The highest BCUT2D eigenvalue weighted by Gasteiger charge is 2.31. The van der Waals surface area contributed by atoms with E-state index in [1.54, 1.807) is 0 Å². The summed E-state index contributed by atoms with van der Waals surface area (Å²) in [6, 6.07) is -0.184. The smallest absolute Gasteiger partial charge is 0.326 e. The zero-order chi connectivity index (χ0) is 29.5. The second-order valence-electron chi connectivity index (χ2n) is 8.81. The third-order valence-electron chi connectivity index (χ3n) is 5.59. The van der Waals surface area contributed by atoms with Crippen molar-refractivity contribution in [1.29, 1.82) is 0 Å². The Morgan fingerprint density at radius 2 is 1.31 bits per heavy atom. The van der Waals surface area contributed by atoms with Gasteiger partial charge >= 0.3 is 17.9 Å². The summed E-state index contributed by atoms with van der Waals surface area (Å²) in [4.78, 5) is 72.3. The number of hydrogen-bond donors (Lipinski definition) is 9. The van der Waals surface area contributed by atoms with Crippen molar-refractivity contribution in [3.63, 3.8) is 0 Å². The number of carboxylic acid groups (broad SMARTS) is 3. The Kier molecular flexibility index (Phi) is 13.9. The minimum absolute atomic E-state index is 0.0737. The van der Waals surface area contributed by atoms with E-state index in [9.17, 15) is 44.1 Å². The molecule has 39 heavy (non-hydrogen) atoms. The molecule has 0 saturated carbocycles. The van der Waals surface area contributed by atoms with Crippen LogP contribution in [0.2, 0.25) is 0 Å². The van der Waals surface area contributed by atoms with Gasteiger partial charge in [0.15, 0.2) is 0 Å². The first-order chi connectivity index (χ1) is 18.3. The van der Waals surface area contributed by atoms with Crippen molar-refractivity contribution in [3.05, 3.63) is 29.8 Å². The summed E-state index contributed by atoms with van der Waals surface area (Å²) in [5.41, 5.74) is 11.7. The highest BCUT2D eigenvalue weighted by atomic mass is 16.4. The van der Waals surface area contributed by atoms with Crippen LogP contribution < -0.4 is 27.4 Å². The molecule has 0 heterocycles. The van der Waals surface area contributed by atoms with Crippen molar-refractivity contribution in [1.82, 2.24) is 16.0 Å². The van der Waals surface area contributed by atoms with Gasteiger partial charge in [0.2, 0.25) is 17.7 Å². The van der Waals surface area contributed by atoms with Gasteiger partial charge in [0.1, 0.15) is 23.9 Å². The summed E-state index contributed by atoms with van der Waals surface area (Å²) >= 11 is 0. The van der Waals surface area contributed by atoms with Gasteiger partial charge in [-0.3, -0.25) is 24.0 Å². The molecular formula is C24H35N5O10. The van der Waals surface area contributed by atoms with Crippen LogP contribution in [0.4, 0.5) is 0 Å². The fourth-order valence-electron chi connectivity index (χ4n) is 3.45. The second-order valence-corrected chi connectivity index (χ2v) is 8.81. The molecule has 1 rings (SSSR count). The van der Waals surface area contributed by atoms with Crippen LogP contribution >= 0.6 is 0 Å². The number of carbonyl (C=O) groups is 6. The van der Waals surface area contributed by atoms with Crippen LogP contribution in [-0.2, 0) is 35.2 Å². The van der Waals surface area contributed by atoms with Crippen molar-refractivity contribution < 1.29 is 49.2 Å². The number of aromatic hydroxyl groups is 1. The van der Waals surface area contributed by atoms with Crippen molar-refractivity contribution in [2.24, 2.45) is 11.5 Å². The van der Waals surface area contributed by atoms with E-state index in [1.807, 2.05) is 0 Å². The van der Waals surface area contributed by atoms with Crippen LogP contribution in [0.1, 0.15) is 44.1 Å². The number of phenolic OH excluding ortho intramolecular Hbond substituents is 1. The van der Waals surface area contributed by atoms with Crippen molar-refractivity contribution >= 4 is 35.6 Å². The Hall–Kier alpha value is -4.24. The van der Waals surface area contributed by atoms with Crippen molar-refractivity contribution in [2.75, 3.05) is 6.54 Å². The Balaban J connectivity index is 3.13. The fourth-order valence-corrected chi connectivity index (χ4v) is 3.45. The number of benzene rings is 1. The monoisotopic (exact) mass is 553 g/mol. The number of rotatable bonds is 18. The number of carboxylic acids is 3. The van der Waals surface area contributed by atoms with E-state index in [0.29, 0.717) is 24.9 Å². The van der Waals surface area contributed by atoms with Crippen LogP contribution in [0.5, 0.6) is 5.75 Å². The van der Waals surface area contributed by atoms with Gasteiger partial charge < -0.3 is 47.8 Å². The summed E-state index contributed by atoms with van der Waals surface area (Å²) in [5.74, 6) is -7.10. The molecule has 216 valence electrons. The summed E-state index contributed by atoms with van der Waals surface area (Å²) in [5, 5.41) is 43.8. The lowest BCUT2D eigenvalue weighted by Crippen LogP contribution is -2.58. The third kappa shape index (κ3) is 12.7. The minimum atomic E-state index is -1.62. The standard InChI is InChI=1S/C24H35N5O10/c25-10-2-1-3-15(26)21(35)28-18(12-20(33)34)23(37)29-17(11-13-4-6-14(30)7-5-13)22(36)27-16(24(38)39)8-9-19(31)32/h4-7,15-18,30H,1-3,8-12,25-26H2,(H,27,36)(H,28,35)(H,29,37)(H,31,32)(H,33,34)(H,38,39). The molecule has 0 fully saturated rings. The Morgan fingerprint density at radius 1 is 0.744 bits per heavy atom. The van der Waals surface area contributed by atoms with Crippen LogP contribution in [0.25, 0.3) is 0 Å². The molecule has 15 heteroatoms.